The van der Waals surface area contributed by atoms with Gasteiger partial charge in [0.1, 0.15) is 11.5 Å². The Labute approximate surface area is 210 Å². The summed E-state index contributed by atoms with van der Waals surface area (Å²) in [6.07, 6.45) is 0.605. The fourth-order valence-corrected chi connectivity index (χ4v) is 5.04. The van der Waals surface area contributed by atoms with Gasteiger partial charge in [0.05, 0.1) is 23.7 Å². The molecule has 1 unspecified atom stereocenters. The number of benzene rings is 2. The van der Waals surface area contributed by atoms with E-state index < -0.39 is 17.3 Å². The lowest BCUT2D eigenvalue weighted by Crippen LogP contribution is -2.42. The first kappa shape index (κ1) is 25.0. The molecule has 0 saturated carbocycles. The zero-order chi connectivity index (χ0) is 25.3. The van der Waals surface area contributed by atoms with Crippen LogP contribution in [0.2, 0.25) is 10.0 Å². The Kier molecular flexibility index (Phi) is 7.30. The van der Waals surface area contributed by atoms with Gasteiger partial charge in [-0.05, 0) is 60.2 Å². The number of aromatic amines is 1. The van der Waals surface area contributed by atoms with Crippen LogP contribution < -0.4 is 21.9 Å². The highest BCUT2D eigenvalue weighted by Gasteiger charge is 2.29. The van der Waals surface area contributed by atoms with Crippen LogP contribution in [0.3, 0.4) is 0 Å². The monoisotopic (exact) mass is 519 g/mol. The molecular formula is C24H24Cl2FN5O3. The second kappa shape index (κ2) is 10.2. The average molecular weight is 520 g/mol. The molecule has 0 aliphatic carbocycles. The Morgan fingerprint density at radius 1 is 1.23 bits per heavy atom. The molecule has 35 heavy (non-hydrogen) atoms. The third kappa shape index (κ3) is 5.12. The summed E-state index contributed by atoms with van der Waals surface area (Å²) in [5, 5.41) is 6.89. The lowest BCUT2D eigenvalue weighted by Gasteiger charge is -2.36. The SMILES string of the molecule is CC1c2c(Cl)cc(Cl)cc2CCN1C(=O)CNc1cc2cc(C(=O)NCCN)[nH]c(=O)c2cc1F. The largest absolute Gasteiger partial charge is 0.374 e. The van der Waals surface area contributed by atoms with E-state index in [1.807, 2.05) is 13.0 Å². The zero-order valence-corrected chi connectivity index (χ0v) is 20.4. The number of H-pyrrole nitrogens is 1. The molecule has 1 atom stereocenters. The number of carbonyl (C=O) groups is 2. The first-order valence-corrected chi connectivity index (χ1v) is 11.8. The molecule has 5 N–H and O–H groups in total. The van der Waals surface area contributed by atoms with Crippen LogP contribution in [0.25, 0.3) is 10.8 Å². The molecule has 3 aromatic rings. The molecule has 0 bridgehead atoms. The third-order valence-corrected chi connectivity index (χ3v) is 6.58. The average Bonchev–Trinajstić information content (AvgIpc) is 2.81. The van der Waals surface area contributed by atoms with Crippen molar-refractivity contribution in [3.8, 4) is 0 Å². The molecule has 2 aromatic carbocycles. The van der Waals surface area contributed by atoms with Gasteiger partial charge in [-0.2, -0.15) is 0 Å². The lowest BCUT2D eigenvalue weighted by molar-refractivity contribution is -0.131. The van der Waals surface area contributed by atoms with E-state index in [4.69, 9.17) is 28.9 Å². The topological polar surface area (TPSA) is 120 Å². The quantitative estimate of drug-likeness (QED) is 0.398. The Hall–Kier alpha value is -3.14. The zero-order valence-electron chi connectivity index (χ0n) is 18.9. The molecule has 1 aromatic heterocycles. The summed E-state index contributed by atoms with van der Waals surface area (Å²) < 4.78 is 14.7. The number of fused-ring (bicyclic) bond motifs is 2. The molecule has 0 radical (unpaired) electrons. The van der Waals surface area contributed by atoms with Crippen molar-refractivity contribution in [2.24, 2.45) is 5.73 Å². The van der Waals surface area contributed by atoms with Gasteiger partial charge >= 0.3 is 0 Å². The first-order valence-electron chi connectivity index (χ1n) is 11.1. The molecule has 8 nitrogen and oxygen atoms in total. The number of aromatic nitrogens is 1. The van der Waals surface area contributed by atoms with E-state index in [9.17, 15) is 18.8 Å². The van der Waals surface area contributed by atoms with Gasteiger partial charge in [-0.25, -0.2) is 4.39 Å². The van der Waals surface area contributed by atoms with Crippen LogP contribution in [0.1, 0.15) is 34.6 Å². The number of rotatable bonds is 6. The molecule has 0 spiro atoms. The van der Waals surface area contributed by atoms with Crippen molar-refractivity contribution in [2.45, 2.75) is 19.4 Å². The van der Waals surface area contributed by atoms with Crippen molar-refractivity contribution in [1.82, 2.24) is 15.2 Å². The normalized spacial score (nSPS) is 15.1. The highest BCUT2D eigenvalue weighted by atomic mass is 35.5. The Morgan fingerprint density at radius 3 is 2.74 bits per heavy atom. The molecule has 11 heteroatoms. The van der Waals surface area contributed by atoms with Gasteiger partial charge in [0.2, 0.25) is 5.91 Å². The van der Waals surface area contributed by atoms with E-state index in [-0.39, 0.29) is 48.4 Å². The van der Waals surface area contributed by atoms with E-state index in [0.29, 0.717) is 28.4 Å². The van der Waals surface area contributed by atoms with E-state index >= 15 is 0 Å². The molecule has 4 rings (SSSR count). The number of nitrogens with one attached hydrogen (secondary N) is 3. The summed E-state index contributed by atoms with van der Waals surface area (Å²) in [7, 11) is 0. The van der Waals surface area contributed by atoms with Gasteiger partial charge < -0.3 is 26.3 Å². The maximum absolute atomic E-state index is 14.7. The van der Waals surface area contributed by atoms with Crippen LogP contribution in [-0.2, 0) is 11.2 Å². The molecular weight excluding hydrogens is 496 g/mol. The fourth-order valence-electron chi connectivity index (χ4n) is 4.34. The number of carbonyl (C=O) groups excluding carboxylic acids is 2. The maximum Gasteiger partial charge on any atom is 0.267 e. The predicted octanol–water partition coefficient (Wildman–Crippen LogP) is 3.22. The Morgan fingerprint density at radius 2 is 2.00 bits per heavy atom. The second-order valence-corrected chi connectivity index (χ2v) is 9.15. The third-order valence-electron chi connectivity index (χ3n) is 6.04. The Bertz CT molecular complexity index is 1380. The van der Waals surface area contributed by atoms with Gasteiger partial charge in [0.25, 0.3) is 11.5 Å². The minimum Gasteiger partial charge on any atom is -0.374 e. The lowest BCUT2D eigenvalue weighted by atomic mass is 9.93. The molecule has 2 amide bonds. The van der Waals surface area contributed by atoms with Crippen LogP contribution in [0, 0.1) is 5.82 Å². The number of amides is 2. The molecule has 184 valence electrons. The van der Waals surface area contributed by atoms with Crippen LogP contribution >= 0.6 is 23.2 Å². The van der Waals surface area contributed by atoms with Crippen molar-refractivity contribution in [3.63, 3.8) is 0 Å². The minimum atomic E-state index is -0.689. The number of halogens is 3. The van der Waals surface area contributed by atoms with Crippen molar-refractivity contribution < 1.29 is 14.0 Å². The highest BCUT2D eigenvalue weighted by Crippen LogP contribution is 2.37. The highest BCUT2D eigenvalue weighted by molar-refractivity contribution is 6.35. The van der Waals surface area contributed by atoms with Crippen LogP contribution in [-0.4, -0.2) is 47.9 Å². The molecule has 1 aliphatic heterocycles. The van der Waals surface area contributed by atoms with E-state index in [2.05, 4.69) is 15.6 Å². The van der Waals surface area contributed by atoms with Crippen molar-refractivity contribution in [1.29, 1.82) is 0 Å². The fraction of sp³-hybridized carbons (Fsp3) is 0.292. The van der Waals surface area contributed by atoms with Crippen molar-refractivity contribution >= 4 is 51.5 Å². The second-order valence-electron chi connectivity index (χ2n) is 8.30. The standard InChI is InChI=1S/C24H24Cl2FN5O3/c1-12-22-13(6-15(25)9-17(22)26)2-5-32(12)21(33)11-30-19-7-14-8-20(24(35)29-4-3-28)31-23(34)16(14)10-18(19)27/h6-10,12,30H,2-5,11,28H2,1H3,(H,29,35)(H,31,34). The molecule has 0 saturated heterocycles. The number of hydrogen-bond acceptors (Lipinski definition) is 5. The summed E-state index contributed by atoms with van der Waals surface area (Å²) in [4.78, 5) is 41.7. The number of anilines is 1. The van der Waals surface area contributed by atoms with Gasteiger partial charge in [-0.3, -0.25) is 14.4 Å². The number of nitrogens with zero attached hydrogens (tertiary/aromatic N) is 1. The minimum absolute atomic E-state index is 0.0300. The van der Waals surface area contributed by atoms with E-state index in [1.165, 1.54) is 12.1 Å². The van der Waals surface area contributed by atoms with Crippen molar-refractivity contribution in [3.05, 3.63) is 73.4 Å². The Balaban J connectivity index is 1.53. The van der Waals surface area contributed by atoms with Crippen molar-refractivity contribution in [2.75, 3.05) is 31.5 Å². The van der Waals surface area contributed by atoms with Gasteiger partial charge in [0, 0.05) is 29.7 Å². The van der Waals surface area contributed by atoms with Crippen LogP contribution in [0.5, 0.6) is 0 Å². The number of nitrogens with two attached hydrogens (primary N) is 1. The molecule has 1 aliphatic rings. The predicted molar refractivity (Wildman–Crippen MR) is 135 cm³/mol. The molecule has 0 fully saturated rings. The van der Waals surface area contributed by atoms with Gasteiger partial charge in [-0.1, -0.05) is 23.2 Å². The summed E-state index contributed by atoms with van der Waals surface area (Å²) in [6, 6.07) is 7.17. The van der Waals surface area contributed by atoms with Crippen LogP contribution in [0.4, 0.5) is 10.1 Å². The summed E-state index contributed by atoms with van der Waals surface area (Å²) in [5.74, 6) is -1.42. The summed E-state index contributed by atoms with van der Waals surface area (Å²) in [6.45, 7) is 2.69. The number of pyridine rings is 1. The first-order chi connectivity index (χ1) is 16.7. The van der Waals surface area contributed by atoms with E-state index in [0.717, 1.165) is 17.2 Å². The van der Waals surface area contributed by atoms with Crippen LogP contribution in [0.15, 0.2) is 35.1 Å². The van der Waals surface area contributed by atoms with Gasteiger partial charge in [-0.15, -0.1) is 0 Å². The van der Waals surface area contributed by atoms with Gasteiger partial charge in [0.15, 0.2) is 0 Å². The molecule has 2 heterocycles. The number of hydrogen-bond donors (Lipinski definition) is 4. The summed E-state index contributed by atoms with van der Waals surface area (Å²) >= 11 is 12.5. The smallest absolute Gasteiger partial charge is 0.267 e. The maximum atomic E-state index is 14.7. The van der Waals surface area contributed by atoms with E-state index in [1.54, 1.807) is 11.0 Å². The summed E-state index contributed by atoms with van der Waals surface area (Å²) in [5.41, 5.74) is 6.72.